The van der Waals surface area contributed by atoms with Crippen LogP contribution in [0.1, 0.15) is 65.9 Å². The number of carbonyl (C=O) groups excluding carboxylic acids is 2. The molecule has 1 N–H and O–H groups in total. The van der Waals surface area contributed by atoms with Crippen molar-refractivity contribution in [1.82, 2.24) is 30.2 Å². The van der Waals surface area contributed by atoms with Crippen molar-refractivity contribution < 1.29 is 19.2 Å². The lowest BCUT2D eigenvalue weighted by Gasteiger charge is -2.41. The lowest BCUT2D eigenvalue weighted by Crippen LogP contribution is -2.52. The minimum Gasteiger partial charge on any atom is -0.487 e. The molecule has 0 spiro atoms. The molecular weight excluding hydrogens is 655 g/mol. The number of nitro benzene ring substituents is 1. The Morgan fingerprint density at radius 3 is 2.54 bits per heavy atom. The van der Waals surface area contributed by atoms with E-state index in [2.05, 4.69) is 49.8 Å². The molecule has 0 bridgehead atoms. The zero-order valence-corrected chi connectivity index (χ0v) is 28.2. The van der Waals surface area contributed by atoms with Gasteiger partial charge in [0, 0.05) is 46.1 Å². The molecule has 256 valence electrons. The van der Waals surface area contributed by atoms with Crippen molar-refractivity contribution >= 4 is 28.8 Å². The summed E-state index contributed by atoms with van der Waals surface area (Å²) in [6, 6.07) is 22.3. The van der Waals surface area contributed by atoms with Crippen molar-refractivity contribution in [3.63, 3.8) is 0 Å². The summed E-state index contributed by atoms with van der Waals surface area (Å²) in [5, 5.41) is 22.2. The summed E-state index contributed by atoms with van der Waals surface area (Å²) >= 11 is 1.75. The van der Waals surface area contributed by atoms with Gasteiger partial charge in [-0.25, -0.2) is 4.68 Å². The molecule has 2 fully saturated rings. The van der Waals surface area contributed by atoms with Crippen molar-refractivity contribution in [2.45, 2.75) is 70.2 Å². The van der Waals surface area contributed by atoms with Crippen molar-refractivity contribution in [3.05, 3.63) is 118 Å². The number of rotatable bonds is 12. The van der Waals surface area contributed by atoms with Gasteiger partial charge in [-0.1, -0.05) is 54.8 Å². The SMILES string of the molecule is O=C(NC1CC(C(=O)N(Cc2ccc(-c3ccccc3)s2)C2CCCCC2)C1)c1cncc(-n2cc(COc3ccc([N+](=O)[O-])cc3)nn2)c1. The van der Waals surface area contributed by atoms with Crippen LogP contribution < -0.4 is 10.1 Å². The maximum Gasteiger partial charge on any atom is 0.269 e. The summed E-state index contributed by atoms with van der Waals surface area (Å²) in [5.41, 5.74) is 2.64. The molecule has 0 unspecified atom stereocenters. The fraction of sp³-hybridized carbons (Fsp3) is 0.324. The van der Waals surface area contributed by atoms with Crippen molar-refractivity contribution in [2.75, 3.05) is 0 Å². The summed E-state index contributed by atoms with van der Waals surface area (Å²) < 4.78 is 7.18. The van der Waals surface area contributed by atoms with E-state index in [0.717, 1.165) is 25.7 Å². The number of amides is 2. The number of pyridine rings is 1. The molecule has 2 amide bonds. The molecule has 2 aromatic carbocycles. The molecule has 13 heteroatoms. The fourth-order valence-electron chi connectivity index (χ4n) is 6.60. The van der Waals surface area contributed by atoms with Crippen LogP contribution in [0.4, 0.5) is 5.69 Å². The number of hydrogen-bond donors (Lipinski definition) is 1. The Morgan fingerprint density at radius 2 is 1.78 bits per heavy atom. The van der Waals surface area contributed by atoms with E-state index in [1.807, 2.05) is 18.2 Å². The first-order valence-corrected chi connectivity index (χ1v) is 17.7. The maximum absolute atomic E-state index is 13.9. The van der Waals surface area contributed by atoms with Gasteiger partial charge in [0.25, 0.3) is 11.6 Å². The van der Waals surface area contributed by atoms with E-state index in [-0.39, 0.29) is 42.1 Å². The second kappa shape index (κ2) is 15.0. The summed E-state index contributed by atoms with van der Waals surface area (Å²) in [5.74, 6) is 0.294. The lowest BCUT2D eigenvalue weighted by atomic mass is 9.78. The molecule has 0 radical (unpaired) electrons. The van der Waals surface area contributed by atoms with E-state index in [1.165, 1.54) is 56.9 Å². The molecule has 2 aliphatic carbocycles. The number of aromatic nitrogens is 4. The van der Waals surface area contributed by atoms with Crippen molar-refractivity contribution in [2.24, 2.45) is 5.92 Å². The average molecular weight is 692 g/mol. The predicted octanol–water partition coefficient (Wildman–Crippen LogP) is 6.75. The molecule has 3 aromatic heterocycles. The van der Waals surface area contributed by atoms with Crippen molar-refractivity contribution in [3.8, 4) is 21.9 Å². The van der Waals surface area contributed by atoms with Crippen molar-refractivity contribution in [1.29, 1.82) is 0 Å². The highest BCUT2D eigenvalue weighted by molar-refractivity contribution is 7.15. The number of nitro groups is 1. The largest absolute Gasteiger partial charge is 0.487 e. The third-order valence-corrected chi connectivity index (χ3v) is 10.5. The van der Waals surface area contributed by atoms with Gasteiger partial charge in [-0.05, 0) is 61.6 Å². The van der Waals surface area contributed by atoms with Gasteiger partial charge in [-0.15, -0.1) is 16.4 Å². The number of benzene rings is 2. The van der Waals surface area contributed by atoms with Crippen LogP contribution in [-0.2, 0) is 17.9 Å². The monoisotopic (exact) mass is 691 g/mol. The Kier molecular flexibility index (Phi) is 9.92. The first-order valence-electron chi connectivity index (χ1n) is 16.9. The third kappa shape index (κ3) is 7.73. The first kappa shape index (κ1) is 33.1. The molecule has 0 atom stereocenters. The molecule has 2 saturated carbocycles. The van der Waals surface area contributed by atoms with Gasteiger partial charge in [0.1, 0.15) is 18.1 Å². The highest BCUT2D eigenvalue weighted by atomic mass is 32.1. The first-order chi connectivity index (χ1) is 24.4. The van der Waals surface area contributed by atoms with Gasteiger partial charge in [0.05, 0.1) is 35.1 Å². The Labute approximate surface area is 293 Å². The Morgan fingerprint density at radius 1 is 1.00 bits per heavy atom. The predicted molar refractivity (Wildman–Crippen MR) is 188 cm³/mol. The minimum atomic E-state index is -0.470. The summed E-state index contributed by atoms with van der Waals surface area (Å²) in [4.78, 5) is 46.3. The summed E-state index contributed by atoms with van der Waals surface area (Å²) in [7, 11) is 0. The van der Waals surface area contributed by atoms with Crippen LogP contribution in [0.15, 0.2) is 91.4 Å². The number of carbonyl (C=O) groups is 2. The average Bonchev–Trinajstić information content (AvgIpc) is 3.82. The van der Waals surface area contributed by atoms with Crippen LogP contribution in [0, 0.1) is 16.0 Å². The molecule has 7 rings (SSSR count). The van der Waals surface area contributed by atoms with E-state index in [4.69, 9.17) is 4.74 Å². The number of thiophene rings is 1. The topological polar surface area (TPSA) is 145 Å². The van der Waals surface area contributed by atoms with Crippen LogP contribution in [0.2, 0.25) is 0 Å². The molecule has 3 heterocycles. The zero-order chi connectivity index (χ0) is 34.5. The number of non-ortho nitro benzene ring substituents is 1. The van der Waals surface area contributed by atoms with Gasteiger partial charge in [0.15, 0.2) is 0 Å². The van der Waals surface area contributed by atoms with Crippen LogP contribution in [0.5, 0.6) is 5.75 Å². The quantitative estimate of drug-likeness (QED) is 0.112. The molecular formula is C37H37N7O5S. The lowest BCUT2D eigenvalue weighted by molar-refractivity contribution is -0.384. The van der Waals surface area contributed by atoms with Gasteiger partial charge < -0.3 is 15.0 Å². The number of nitrogens with zero attached hydrogens (tertiary/aromatic N) is 6. The van der Waals surface area contributed by atoms with E-state index < -0.39 is 4.92 Å². The Bertz CT molecular complexity index is 1950. The zero-order valence-electron chi connectivity index (χ0n) is 27.4. The van der Waals surface area contributed by atoms with E-state index in [9.17, 15) is 19.7 Å². The molecule has 0 saturated heterocycles. The van der Waals surface area contributed by atoms with Gasteiger partial charge in [0.2, 0.25) is 5.91 Å². The van der Waals surface area contributed by atoms with Crippen LogP contribution in [0.25, 0.3) is 16.1 Å². The second-order valence-electron chi connectivity index (χ2n) is 12.9. The fourth-order valence-corrected chi connectivity index (χ4v) is 7.61. The molecule has 50 heavy (non-hydrogen) atoms. The third-order valence-electron chi connectivity index (χ3n) is 9.39. The number of hydrogen-bond acceptors (Lipinski definition) is 9. The van der Waals surface area contributed by atoms with Gasteiger partial charge in [-0.2, -0.15) is 0 Å². The normalized spacial score (nSPS) is 17.4. The number of ether oxygens (including phenoxy) is 1. The Hall–Kier alpha value is -5.43. The maximum atomic E-state index is 13.9. The van der Waals surface area contributed by atoms with E-state index in [1.54, 1.807) is 29.8 Å². The summed E-state index contributed by atoms with van der Waals surface area (Å²) in [6.45, 7) is 0.730. The molecule has 2 aliphatic rings. The number of nitrogens with one attached hydrogen (secondary N) is 1. The minimum absolute atomic E-state index is 0.0190. The summed E-state index contributed by atoms with van der Waals surface area (Å²) in [6.07, 6.45) is 11.6. The second-order valence-corrected chi connectivity index (χ2v) is 14.0. The van der Waals surface area contributed by atoms with Crippen LogP contribution in [-0.4, -0.2) is 53.7 Å². The van der Waals surface area contributed by atoms with Crippen LogP contribution >= 0.6 is 11.3 Å². The molecule has 0 aliphatic heterocycles. The molecule has 5 aromatic rings. The highest BCUT2D eigenvalue weighted by Gasteiger charge is 2.40. The Balaban J connectivity index is 0.936. The molecule has 12 nitrogen and oxygen atoms in total. The van der Waals surface area contributed by atoms with E-state index >= 15 is 0 Å². The standard InChI is InChI=1S/C37H37N7O5S/c45-36(27-19-32(21-38-20-27)43-22-29(40-41-43)24-49-33-13-11-31(12-14-33)44(47)48)39-28-17-26(18-28)37(46)42(30-9-5-2-6-10-30)23-34-15-16-35(50-34)25-7-3-1-4-8-25/h1,3-4,7-8,11-16,19-22,26,28,30H,2,5-6,9-10,17-18,23-24H2,(H,39,45). The van der Waals surface area contributed by atoms with Gasteiger partial charge >= 0.3 is 0 Å². The van der Waals surface area contributed by atoms with Gasteiger partial charge in [-0.3, -0.25) is 24.7 Å². The van der Waals surface area contributed by atoms with Crippen LogP contribution in [0.3, 0.4) is 0 Å². The highest BCUT2D eigenvalue weighted by Crippen LogP contribution is 2.35. The van der Waals surface area contributed by atoms with E-state index in [0.29, 0.717) is 42.1 Å². The smallest absolute Gasteiger partial charge is 0.269 e.